The van der Waals surface area contributed by atoms with Gasteiger partial charge in [-0.2, -0.15) is 0 Å². The number of aliphatic hydroxyl groups excluding tert-OH is 2. The molecule has 2 heterocycles. The molecule has 2 aromatic rings. The summed E-state index contributed by atoms with van der Waals surface area (Å²) in [6.07, 6.45) is 14.1. The number of rotatable bonds is 6. The number of hydrogen-bond acceptors (Lipinski definition) is 6. The number of β-amino-alcohol motifs (C(OH)–C–C–N with tert-alkyl or cyclic N) is 2. The number of aryl methyl sites for hydroxylation is 2. The molecule has 40 heavy (non-hydrogen) atoms. The maximum Gasteiger partial charge on any atom is 0.142 e. The van der Waals surface area contributed by atoms with Crippen LogP contribution in [-0.4, -0.2) is 59.8 Å². The molecule has 1 aliphatic carbocycles. The maximum absolute atomic E-state index is 9.57. The number of hydrogen-bond donors (Lipinski definition) is 2. The highest BCUT2D eigenvalue weighted by Crippen LogP contribution is 2.47. The van der Waals surface area contributed by atoms with Crippen LogP contribution in [0.5, 0.6) is 11.5 Å². The third-order valence-electron chi connectivity index (χ3n) is 9.42. The first-order valence-corrected chi connectivity index (χ1v) is 15.7. The Hall–Kier alpha value is -2.12. The van der Waals surface area contributed by atoms with Crippen LogP contribution in [0.15, 0.2) is 24.3 Å². The SMILES string of the molecule is Cc1cc(C2(c3cc(C)c4c(c3)CN(CCO)CO4)CCCCCCCCCCC2)cc2c1OCN(CCO)C2. The number of benzene rings is 2. The number of fused-ring (bicyclic) bond motifs is 2. The Morgan fingerprint density at radius 3 is 1.43 bits per heavy atom. The lowest BCUT2D eigenvalue weighted by molar-refractivity contribution is 0.0762. The first-order valence-electron chi connectivity index (χ1n) is 15.7. The first-order chi connectivity index (χ1) is 19.5. The molecule has 2 aromatic carbocycles. The molecular weight excluding hydrogens is 500 g/mol. The molecule has 1 fully saturated rings. The van der Waals surface area contributed by atoms with Crippen LogP contribution >= 0.6 is 0 Å². The van der Waals surface area contributed by atoms with Crippen LogP contribution in [0.2, 0.25) is 0 Å². The molecule has 0 bridgehead atoms. The van der Waals surface area contributed by atoms with Gasteiger partial charge in [-0.15, -0.1) is 0 Å². The zero-order valence-corrected chi connectivity index (χ0v) is 24.8. The molecule has 0 radical (unpaired) electrons. The quantitative estimate of drug-likeness (QED) is 0.448. The van der Waals surface area contributed by atoms with Crippen molar-refractivity contribution in [1.29, 1.82) is 0 Å². The lowest BCUT2D eigenvalue weighted by Gasteiger charge is -2.39. The monoisotopic (exact) mass is 550 g/mol. The van der Waals surface area contributed by atoms with E-state index in [9.17, 15) is 10.2 Å². The Labute approximate surface area is 241 Å². The van der Waals surface area contributed by atoms with Gasteiger partial charge in [0.15, 0.2) is 0 Å². The van der Waals surface area contributed by atoms with Gasteiger partial charge in [0.05, 0.1) is 13.2 Å². The zero-order valence-electron chi connectivity index (χ0n) is 24.8. The van der Waals surface area contributed by atoms with Crippen molar-refractivity contribution in [2.45, 2.75) is 103 Å². The van der Waals surface area contributed by atoms with Crippen LogP contribution in [0.4, 0.5) is 0 Å². The van der Waals surface area contributed by atoms with Crippen molar-refractivity contribution in [3.63, 3.8) is 0 Å². The Balaban J connectivity index is 1.60. The molecule has 5 rings (SSSR count). The van der Waals surface area contributed by atoms with Crippen LogP contribution in [0.3, 0.4) is 0 Å². The van der Waals surface area contributed by atoms with Gasteiger partial charge in [0, 0.05) is 42.7 Å². The third-order valence-corrected chi connectivity index (χ3v) is 9.42. The average Bonchev–Trinajstić information content (AvgIpc) is 2.93. The Morgan fingerprint density at radius 1 is 0.625 bits per heavy atom. The minimum Gasteiger partial charge on any atom is -0.478 e. The van der Waals surface area contributed by atoms with Crippen molar-refractivity contribution in [1.82, 2.24) is 9.80 Å². The van der Waals surface area contributed by atoms with Gasteiger partial charge in [-0.1, -0.05) is 69.9 Å². The summed E-state index contributed by atoms with van der Waals surface area (Å²) in [5.41, 5.74) is 7.68. The van der Waals surface area contributed by atoms with Gasteiger partial charge in [-0.25, -0.2) is 0 Å². The summed E-state index contributed by atoms with van der Waals surface area (Å²) in [6, 6.07) is 9.69. The third kappa shape index (κ3) is 6.51. The minimum absolute atomic E-state index is 0.0721. The van der Waals surface area contributed by atoms with E-state index in [1.807, 2.05) is 0 Å². The molecule has 6 nitrogen and oxygen atoms in total. The molecule has 0 unspecified atom stereocenters. The fraction of sp³-hybridized carbons (Fsp3) is 0.647. The Morgan fingerprint density at radius 2 is 1.02 bits per heavy atom. The molecule has 1 saturated carbocycles. The van der Waals surface area contributed by atoms with E-state index >= 15 is 0 Å². The predicted octanol–water partition coefficient (Wildman–Crippen LogP) is 6.18. The summed E-state index contributed by atoms with van der Waals surface area (Å²) >= 11 is 0. The molecule has 2 N–H and O–H groups in total. The standard InChI is InChI=1S/C34H50N2O4/c1-26-18-30(20-28-22-35(14-16-37)24-39-32(26)28)34(12-10-8-6-4-3-5-7-9-11-13-34)31-19-27(2)33-29(21-31)23-36(15-17-38)25-40-33/h18-21,37-38H,3-17,22-25H2,1-2H3. The van der Waals surface area contributed by atoms with E-state index < -0.39 is 0 Å². The van der Waals surface area contributed by atoms with E-state index in [1.165, 1.54) is 91.2 Å². The molecule has 3 aliphatic rings. The van der Waals surface area contributed by atoms with Crippen LogP contribution < -0.4 is 9.47 Å². The molecule has 0 amide bonds. The van der Waals surface area contributed by atoms with Gasteiger partial charge in [0.2, 0.25) is 0 Å². The zero-order chi connectivity index (χ0) is 28.0. The molecule has 0 spiro atoms. The second kappa shape index (κ2) is 13.7. The Bertz CT molecular complexity index is 1050. The number of nitrogens with zero attached hydrogens (tertiary/aromatic N) is 2. The smallest absolute Gasteiger partial charge is 0.142 e. The normalized spacial score (nSPS) is 20.8. The molecule has 2 aliphatic heterocycles. The van der Waals surface area contributed by atoms with Gasteiger partial charge in [-0.05, 0) is 61.1 Å². The lowest BCUT2D eigenvalue weighted by Crippen LogP contribution is -2.36. The number of ether oxygens (including phenoxy) is 2. The van der Waals surface area contributed by atoms with Gasteiger partial charge in [0.1, 0.15) is 25.0 Å². The topological polar surface area (TPSA) is 65.4 Å². The highest BCUT2D eigenvalue weighted by Gasteiger charge is 2.37. The van der Waals surface area contributed by atoms with E-state index in [2.05, 4.69) is 47.9 Å². The maximum atomic E-state index is 9.57. The van der Waals surface area contributed by atoms with Crippen molar-refractivity contribution in [3.8, 4) is 11.5 Å². The fourth-order valence-electron chi connectivity index (χ4n) is 7.31. The highest BCUT2D eigenvalue weighted by molar-refractivity contribution is 5.54. The van der Waals surface area contributed by atoms with Crippen LogP contribution in [-0.2, 0) is 18.5 Å². The van der Waals surface area contributed by atoms with Crippen LogP contribution in [0.25, 0.3) is 0 Å². The van der Waals surface area contributed by atoms with Gasteiger partial charge in [0.25, 0.3) is 0 Å². The second-order valence-electron chi connectivity index (χ2n) is 12.4. The van der Waals surface area contributed by atoms with Gasteiger partial charge in [-0.3, -0.25) is 9.80 Å². The van der Waals surface area contributed by atoms with Crippen molar-refractivity contribution in [3.05, 3.63) is 57.6 Å². The first kappa shape index (κ1) is 29.4. The minimum atomic E-state index is -0.0721. The summed E-state index contributed by atoms with van der Waals surface area (Å²) < 4.78 is 12.4. The van der Waals surface area contributed by atoms with E-state index in [1.54, 1.807) is 0 Å². The van der Waals surface area contributed by atoms with Crippen molar-refractivity contribution < 1.29 is 19.7 Å². The summed E-state index contributed by atoms with van der Waals surface area (Å²) in [4.78, 5) is 4.38. The lowest BCUT2D eigenvalue weighted by atomic mass is 9.66. The summed E-state index contributed by atoms with van der Waals surface area (Å²) in [6.45, 7) is 8.64. The molecule has 0 saturated heterocycles. The highest BCUT2D eigenvalue weighted by atomic mass is 16.5. The fourth-order valence-corrected chi connectivity index (χ4v) is 7.31. The van der Waals surface area contributed by atoms with Crippen molar-refractivity contribution in [2.75, 3.05) is 39.8 Å². The van der Waals surface area contributed by atoms with Crippen LogP contribution in [0.1, 0.15) is 104 Å². The largest absolute Gasteiger partial charge is 0.478 e. The van der Waals surface area contributed by atoms with Gasteiger partial charge >= 0.3 is 0 Å². The summed E-state index contributed by atoms with van der Waals surface area (Å²) in [7, 11) is 0. The van der Waals surface area contributed by atoms with Gasteiger partial charge < -0.3 is 19.7 Å². The van der Waals surface area contributed by atoms with Crippen molar-refractivity contribution in [2.24, 2.45) is 0 Å². The molecule has 0 aromatic heterocycles. The van der Waals surface area contributed by atoms with Crippen LogP contribution in [0, 0.1) is 13.8 Å². The second-order valence-corrected chi connectivity index (χ2v) is 12.4. The van der Waals surface area contributed by atoms with E-state index in [4.69, 9.17) is 9.47 Å². The van der Waals surface area contributed by atoms with E-state index in [0.717, 1.165) is 37.4 Å². The van der Waals surface area contributed by atoms with E-state index in [0.29, 0.717) is 26.6 Å². The summed E-state index contributed by atoms with van der Waals surface area (Å²) in [5, 5.41) is 19.1. The molecule has 6 heteroatoms. The van der Waals surface area contributed by atoms with Crippen molar-refractivity contribution >= 4 is 0 Å². The Kier molecular flexibility index (Phi) is 10.1. The molecule has 220 valence electrons. The number of aliphatic hydroxyl groups is 2. The molecule has 0 atom stereocenters. The average molecular weight is 551 g/mol. The summed E-state index contributed by atoms with van der Waals surface area (Å²) in [5.74, 6) is 2.05. The molecular formula is C34H50N2O4. The van der Waals surface area contributed by atoms with E-state index in [-0.39, 0.29) is 18.6 Å². The predicted molar refractivity (Wildman–Crippen MR) is 160 cm³/mol.